The number of hydrogen-bond donors (Lipinski definition) is 0. The molecule has 0 aliphatic carbocycles. The minimum atomic E-state index is -4.27. The van der Waals surface area contributed by atoms with Gasteiger partial charge in [0, 0.05) is 0 Å². The Balaban J connectivity index is 0. The van der Waals surface area contributed by atoms with E-state index in [4.69, 9.17) is 0 Å². The van der Waals surface area contributed by atoms with Crippen molar-refractivity contribution in [3.8, 4) is 0 Å². The molecule has 0 bridgehead atoms. The van der Waals surface area contributed by atoms with Gasteiger partial charge in [-0.15, -0.1) is 0 Å². The van der Waals surface area contributed by atoms with Gasteiger partial charge >= 0.3 is 34.1 Å². The van der Waals surface area contributed by atoms with E-state index in [1.807, 2.05) is 6.92 Å². The smallest absolute Gasteiger partial charge is 0.744 e. The third kappa shape index (κ3) is 4.81. The number of rotatable bonds is 1. The molecule has 0 aliphatic rings. The Bertz CT molecular complexity index is 345. The van der Waals surface area contributed by atoms with E-state index in [1.165, 1.54) is 12.1 Å². The van der Waals surface area contributed by atoms with Crippen LogP contribution in [0.25, 0.3) is 0 Å². The van der Waals surface area contributed by atoms with Crippen LogP contribution in [0.1, 0.15) is 5.56 Å². The molecule has 13 heavy (non-hydrogen) atoms. The minimum Gasteiger partial charge on any atom is -0.744 e. The van der Waals surface area contributed by atoms with Crippen LogP contribution in [0.4, 0.5) is 0 Å². The van der Waals surface area contributed by atoms with Crippen molar-refractivity contribution in [3.63, 3.8) is 0 Å². The van der Waals surface area contributed by atoms with Crippen LogP contribution >= 0.6 is 0 Å². The monoisotopic (exact) mass is 283 g/mol. The Morgan fingerprint density at radius 1 is 1.15 bits per heavy atom. The van der Waals surface area contributed by atoms with Gasteiger partial charge in [0.15, 0.2) is 0 Å². The van der Waals surface area contributed by atoms with Crippen molar-refractivity contribution in [2.75, 3.05) is 0 Å². The molecule has 0 heterocycles. The predicted molar refractivity (Wildman–Crippen MR) is 39.1 cm³/mol. The van der Waals surface area contributed by atoms with Crippen LogP contribution < -0.4 is 0 Å². The Kier molecular flexibility index (Phi) is 6.98. The molecule has 0 aliphatic heterocycles. The molecule has 1 aromatic rings. The summed E-state index contributed by atoms with van der Waals surface area (Å²) in [6, 6.07) is 5.78. The molecule has 0 unspecified atom stereocenters. The van der Waals surface area contributed by atoms with Crippen LogP contribution in [0.15, 0.2) is 29.2 Å². The van der Waals surface area contributed by atoms with E-state index in [1.54, 1.807) is 12.1 Å². The van der Waals surface area contributed by atoms with Gasteiger partial charge in [-0.25, -0.2) is 8.42 Å². The van der Waals surface area contributed by atoms with Gasteiger partial charge in [-0.3, -0.25) is 0 Å². The summed E-state index contributed by atoms with van der Waals surface area (Å²) in [5.41, 5.74) is 0.928. The van der Waals surface area contributed by atoms with Crippen LogP contribution in [-0.4, -0.2) is 13.0 Å². The average Bonchev–Trinajstić information content (AvgIpc) is 1.86. The summed E-state index contributed by atoms with van der Waals surface area (Å²) in [7, 11) is -4.27. The van der Waals surface area contributed by atoms with Gasteiger partial charge in [0.05, 0.1) is 4.90 Å². The molecule has 0 saturated heterocycles. The zero-order valence-corrected chi connectivity index (χ0v) is 9.67. The van der Waals surface area contributed by atoms with Crippen LogP contribution in [0.5, 0.6) is 0 Å². The fourth-order valence-electron chi connectivity index (χ4n) is 0.705. The third-order valence-electron chi connectivity index (χ3n) is 1.31. The third-order valence-corrected chi connectivity index (χ3v) is 2.16. The summed E-state index contributed by atoms with van der Waals surface area (Å²) in [6.45, 7) is 1.82. The molecule has 0 saturated carbocycles. The molecule has 0 fully saturated rings. The zero-order chi connectivity index (χ0) is 8.48. The molecule has 0 atom stereocenters. The molecule has 0 aromatic heterocycles. The molecule has 1 aromatic carbocycles. The topological polar surface area (TPSA) is 57.2 Å². The summed E-state index contributed by atoms with van der Waals surface area (Å²) in [4.78, 5) is -0.178. The van der Waals surface area contributed by atoms with Gasteiger partial charge < -0.3 is 4.55 Å². The fourth-order valence-corrected chi connectivity index (χ4v) is 1.17. The second kappa shape index (κ2) is 5.81. The zero-order valence-electron chi connectivity index (χ0n) is 6.65. The van der Waals surface area contributed by atoms with E-state index in [0.29, 0.717) is 0 Å². The number of benzene rings is 1. The minimum absolute atomic E-state index is 0. The molecule has 0 N–H and O–H groups in total. The second-order valence-electron chi connectivity index (χ2n) is 2.27. The summed E-state index contributed by atoms with van der Waals surface area (Å²) >= 11 is 0. The Labute approximate surface area is 98.6 Å². The quantitative estimate of drug-likeness (QED) is 0.568. The summed E-state index contributed by atoms with van der Waals surface area (Å²) < 4.78 is 31.2. The maximum absolute atomic E-state index is 10.4. The summed E-state index contributed by atoms with van der Waals surface area (Å²) in [5.74, 6) is 0. The van der Waals surface area contributed by atoms with Crippen LogP contribution in [-0.2, 0) is 44.3 Å². The number of aryl methyl sites for hydroxylation is 1. The first kappa shape index (κ1) is 15.6. The molecule has 1 radical (unpaired) electrons. The largest absolute Gasteiger partial charge is 3.00 e. The van der Waals surface area contributed by atoms with Gasteiger partial charge in [-0.2, -0.15) is 0 Å². The predicted octanol–water partition coefficient (Wildman–Crippen LogP) is 0.894. The van der Waals surface area contributed by atoms with Crippen molar-refractivity contribution in [2.45, 2.75) is 11.8 Å². The SMILES string of the molecule is Cc1ccc(S(=O)(=O)[O-])cc1.[Fe+2].[Fe+3]. The van der Waals surface area contributed by atoms with Gasteiger partial charge in [0.25, 0.3) is 0 Å². The Morgan fingerprint density at radius 3 is 1.85 bits per heavy atom. The van der Waals surface area contributed by atoms with Crippen LogP contribution in [0.2, 0.25) is 0 Å². The molecule has 0 spiro atoms. The van der Waals surface area contributed by atoms with Gasteiger partial charge in [0.1, 0.15) is 10.1 Å². The van der Waals surface area contributed by atoms with E-state index in [9.17, 15) is 13.0 Å². The molecule has 3 nitrogen and oxygen atoms in total. The molecular weight excluding hydrogens is 276 g/mol. The van der Waals surface area contributed by atoms with Crippen molar-refractivity contribution in [1.82, 2.24) is 0 Å². The van der Waals surface area contributed by atoms with E-state index in [0.717, 1.165) is 5.56 Å². The Hall–Kier alpha value is 0.169. The van der Waals surface area contributed by atoms with Crippen molar-refractivity contribution in [3.05, 3.63) is 29.8 Å². The summed E-state index contributed by atoms with van der Waals surface area (Å²) in [5, 5.41) is 0. The van der Waals surface area contributed by atoms with Crippen molar-refractivity contribution < 1.29 is 47.1 Å². The first-order valence-electron chi connectivity index (χ1n) is 3.03. The fraction of sp³-hybridized carbons (Fsp3) is 0.143. The van der Waals surface area contributed by atoms with E-state index in [2.05, 4.69) is 0 Å². The van der Waals surface area contributed by atoms with Gasteiger partial charge in [-0.1, -0.05) is 17.7 Å². The van der Waals surface area contributed by atoms with Crippen molar-refractivity contribution in [2.24, 2.45) is 0 Å². The maximum atomic E-state index is 10.4. The number of hydrogen-bond acceptors (Lipinski definition) is 3. The van der Waals surface area contributed by atoms with E-state index < -0.39 is 10.1 Å². The van der Waals surface area contributed by atoms with E-state index >= 15 is 0 Å². The molecule has 6 heteroatoms. The Morgan fingerprint density at radius 2 is 1.54 bits per heavy atom. The van der Waals surface area contributed by atoms with Gasteiger partial charge in [0.2, 0.25) is 0 Å². The summed E-state index contributed by atoms with van der Waals surface area (Å²) in [6.07, 6.45) is 0. The van der Waals surface area contributed by atoms with Crippen LogP contribution in [0, 0.1) is 6.92 Å². The van der Waals surface area contributed by atoms with Crippen molar-refractivity contribution >= 4 is 10.1 Å². The maximum Gasteiger partial charge on any atom is 3.00 e. The first-order valence-corrected chi connectivity index (χ1v) is 4.43. The second-order valence-corrected chi connectivity index (χ2v) is 3.65. The normalized spacial score (nSPS) is 9.69. The molecule has 71 valence electrons. The average molecular weight is 283 g/mol. The standard InChI is InChI=1S/C7H8O3S.2Fe/c1-6-2-4-7(5-3-6)11(8,9)10;;/h2-5H,1H3,(H,8,9,10);;/q;+2;+3/p-1. The molecular formula is C7H7Fe2O3S+4. The molecule has 1 rings (SSSR count). The van der Waals surface area contributed by atoms with E-state index in [-0.39, 0.29) is 39.0 Å². The van der Waals surface area contributed by atoms with Crippen molar-refractivity contribution in [1.29, 1.82) is 0 Å². The molecule has 0 amide bonds. The van der Waals surface area contributed by atoms with Gasteiger partial charge in [-0.05, 0) is 19.1 Å². The first-order chi connectivity index (χ1) is 5.00. The van der Waals surface area contributed by atoms with Crippen LogP contribution in [0.3, 0.4) is 0 Å².